The third kappa shape index (κ3) is 3.16. The number of fused-ring (bicyclic) bond motifs is 9. The number of alkyl halides is 6. The van der Waals surface area contributed by atoms with E-state index in [1.807, 2.05) is 0 Å². The first kappa shape index (κ1) is 21.2. The molecular weight excluding hydrogens is 430 g/mol. The Morgan fingerprint density at radius 1 is 0.897 bits per heavy atom. The van der Waals surface area contributed by atoms with Crippen molar-refractivity contribution < 1.29 is 48.8 Å². The highest BCUT2D eigenvalue weighted by atomic mass is 32.2. The van der Waals surface area contributed by atoms with E-state index < -0.39 is 45.7 Å². The molecule has 0 aromatic rings. The maximum absolute atomic E-state index is 13.4. The number of halogens is 6. The van der Waals surface area contributed by atoms with Crippen LogP contribution in [-0.4, -0.2) is 42.6 Å². The van der Waals surface area contributed by atoms with E-state index in [0.717, 1.165) is 19.3 Å². The minimum absolute atomic E-state index is 0.0746. The summed E-state index contributed by atoms with van der Waals surface area (Å²) in [5, 5.41) is 0. The lowest BCUT2D eigenvalue weighted by Crippen LogP contribution is -2.64. The molecule has 0 aromatic carbocycles. The summed E-state index contributed by atoms with van der Waals surface area (Å²) in [5.74, 6) is -4.56. The molecule has 0 heterocycles. The number of carbonyl (C=O) groups excluding carboxylic acids is 1. The molecule has 4 aliphatic rings. The molecule has 4 saturated carbocycles. The van der Waals surface area contributed by atoms with Crippen molar-refractivity contribution >= 4 is 16.1 Å². The van der Waals surface area contributed by atoms with E-state index >= 15 is 0 Å². The van der Waals surface area contributed by atoms with Gasteiger partial charge in [0.25, 0.3) is 10.1 Å². The Bertz CT molecular complexity index is 792. The first-order chi connectivity index (χ1) is 13.1. The maximum atomic E-state index is 13.4. The minimum Gasteiger partial charge on any atom is -0.438 e. The predicted octanol–water partition coefficient (Wildman–Crippen LogP) is 3.60. The highest BCUT2D eigenvalue weighted by Gasteiger charge is 2.76. The van der Waals surface area contributed by atoms with Gasteiger partial charge in [0.15, 0.2) is 0 Å². The van der Waals surface area contributed by atoms with Crippen LogP contribution in [0.15, 0.2) is 0 Å². The Morgan fingerprint density at radius 3 is 1.97 bits per heavy atom. The van der Waals surface area contributed by atoms with Crippen LogP contribution in [0.2, 0.25) is 0 Å². The maximum Gasteiger partial charge on any atom is 0.438 e. The minimum atomic E-state index is -6.27. The van der Waals surface area contributed by atoms with Crippen LogP contribution in [-0.2, 0) is 19.6 Å². The second-order valence-electron chi connectivity index (χ2n) is 8.96. The molecule has 166 valence electrons. The molecular formula is C17H20F6O5S. The van der Waals surface area contributed by atoms with Crippen LogP contribution in [0.3, 0.4) is 0 Å². The average molecular weight is 450 g/mol. The average Bonchev–Trinajstić information content (AvgIpc) is 3.28. The molecule has 1 N–H and O–H groups in total. The van der Waals surface area contributed by atoms with E-state index in [4.69, 9.17) is 4.55 Å². The normalized spacial score (nSPS) is 39.1. The number of carbonyl (C=O) groups is 1. The number of rotatable bonds is 4. The van der Waals surface area contributed by atoms with Crippen molar-refractivity contribution in [1.82, 2.24) is 0 Å². The van der Waals surface area contributed by atoms with Crippen molar-refractivity contribution in [3.05, 3.63) is 0 Å². The Kier molecular flexibility index (Phi) is 4.56. The van der Waals surface area contributed by atoms with Crippen molar-refractivity contribution in [3.63, 3.8) is 0 Å². The zero-order chi connectivity index (χ0) is 21.6. The highest BCUT2D eigenvalue weighted by Crippen LogP contribution is 2.69. The Hall–Kier alpha value is -1.04. The van der Waals surface area contributed by atoms with Crippen molar-refractivity contribution in [2.24, 2.45) is 41.4 Å². The molecule has 29 heavy (non-hydrogen) atoms. The molecule has 4 bridgehead atoms. The zero-order valence-corrected chi connectivity index (χ0v) is 15.9. The van der Waals surface area contributed by atoms with Gasteiger partial charge in [-0.05, 0) is 67.6 Å². The van der Waals surface area contributed by atoms with Gasteiger partial charge in [-0.2, -0.15) is 34.8 Å². The summed E-state index contributed by atoms with van der Waals surface area (Å²) in [5.41, 5.74) is -5.30. The van der Waals surface area contributed by atoms with Crippen LogP contribution in [0.5, 0.6) is 0 Å². The molecule has 4 aliphatic carbocycles. The summed E-state index contributed by atoms with van der Waals surface area (Å²) < 4.78 is 115. The number of hydrogen-bond donors (Lipinski definition) is 1. The third-order valence-corrected chi connectivity index (χ3v) is 8.38. The van der Waals surface area contributed by atoms with Crippen molar-refractivity contribution in [2.75, 3.05) is 5.75 Å². The van der Waals surface area contributed by atoms with E-state index in [-0.39, 0.29) is 24.2 Å². The van der Waals surface area contributed by atoms with Crippen LogP contribution < -0.4 is 0 Å². The lowest BCUT2D eigenvalue weighted by molar-refractivity contribution is -0.362. The molecule has 4 rings (SSSR count). The van der Waals surface area contributed by atoms with Gasteiger partial charge in [-0.25, -0.2) is 0 Å². The van der Waals surface area contributed by atoms with Gasteiger partial charge in [-0.15, -0.1) is 0 Å². The number of hydrogen-bond acceptors (Lipinski definition) is 4. The molecule has 5 nitrogen and oxygen atoms in total. The van der Waals surface area contributed by atoms with Crippen LogP contribution in [0.25, 0.3) is 0 Å². The SMILES string of the molecule is O=C(OC(CS(=O)(=O)O)(C(F)(F)F)C(F)(F)F)C1CC2CC1C1C3CCC(C3)C21. The number of esters is 1. The van der Waals surface area contributed by atoms with Crippen molar-refractivity contribution in [1.29, 1.82) is 0 Å². The van der Waals surface area contributed by atoms with Gasteiger partial charge < -0.3 is 4.74 Å². The predicted molar refractivity (Wildman–Crippen MR) is 84.9 cm³/mol. The van der Waals surface area contributed by atoms with E-state index in [1.165, 1.54) is 0 Å². The van der Waals surface area contributed by atoms with Crippen LogP contribution in [0.1, 0.15) is 32.1 Å². The summed E-state index contributed by atoms with van der Waals surface area (Å²) in [7, 11) is -5.77. The van der Waals surface area contributed by atoms with Crippen LogP contribution in [0, 0.1) is 41.4 Å². The molecule has 0 aliphatic heterocycles. The topological polar surface area (TPSA) is 80.7 Å². The summed E-state index contributed by atoms with van der Waals surface area (Å²) in [6.07, 6.45) is -8.80. The monoisotopic (exact) mass is 450 g/mol. The van der Waals surface area contributed by atoms with E-state index in [1.54, 1.807) is 0 Å². The van der Waals surface area contributed by atoms with Gasteiger partial charge in [0, 0.05) is 0 Å². The van der Waals surface area contributed by atoms with E-state index in [9.17, 15) is 39.6 Å². The van der Waals surface area contributed by atoms with Gasteiger partial charge in [0.2, 0.25) is 0 Å². The van der Waals surface area contributed by atoms with Gasteiger partial charge in [-0.1, -0.05) is 0 Å². The summed E-state index contributed by atoms with van der Waals surface area (Å²) in [6, 6.07) is 0. The highest BCUT2D eigenvalue weighted by molar-refractivity contribution is 7.85. The summed E-state index contributed by atoms with van der Waals surface area (Å²) in [4.78, 5) is 12.5. The smallest absolute Gasteiger partial charge is 0.438 e. The molecule has 12 heteroatoms. The molecule has 0 aromatic heterocycles. The van der Waals surface area contributed by atoms with Gasteiger partial charge >= 0.3 is 23.9 Å². The van der Waals surface area contributed by atoms with Crippen molar-refractivity contribution in [3.8, 4) is 0 Å². The van der Waals surface area contributed by atoms with E-state index in [0.29, 0.717) is 24.2 Å². The quantitative estimate of drug-likeness (QED) is 0.306. The van der Waals surface area contributed by atoms with Gasteiger partial charge in [0.05, 0.1) is 5.92 Å². The molecule has 4 fully saturated rings. The lowest BCUT2D eigenvalue weighted by atomic mass is 9.67. The number of ether oxygens (including phenoxy) is 1. The summed E-state index contributed by atoms with van der Waals surface area (Å²) in [6.45, 7) is 0. The second-order valence-corrected chi connectivity index (χ2v) is 10.4. The Balaban J connectivity index is 1.61. The van der Waals surface area contributed by atoms with Gasteiger partial charge in [-0.3, -0.25) is 9.35 Å². The fraction of sp³-hybridized carbons (Fsp3) is 0.941. The van der Waals surface area contributed by atoms with Gasteiger partial charge in [0.1, 0.15) is 5.75 Å². The molecule has 0 spiro atoms. The largest absolute Gasteiger partial charge is 0.438 e. The Morgan fingerprint density at radius 2 is 1.45 bits per heavy atom. The molecule has 0 radical (unpaired) electrons. The first-order valence-electron chi connectivity index (χ1n) is 9.46. The fourth-order valence-electron chi connectivity index (χ4n) is 6.81. The molecule has 7 atom stereocenters. The lowest BCUT2D eigenvalue weighted by Gasteiger charge is -2.40. The fourth-order valence-corrected chi connectivity index (χ4v) is 7.71. The first-order valence-corrected chi connectivity index (χ1v) is 11.1. The molecule has 0 amide bonds. The van der Waals surface area contributed by atoms with Crippen LogP contribution in [0.4, 0.5) is 26.3 Å². The third-order valence-electron chi connectivity index (χ3n) is 7.61. The zero-order valence-electron chi connectivity index (χ0n) is 15.0. The molecule has 7 unspecified atom stereocenters. The second kappa shape index (κ2) is 6.24. The summed E-state index contributed by atoms with van der Waals surface area (Å²) >= 11 is 0. The van der Waals surface area contributed by atoms with Crippen molar-refractivity contribution in [2.45, 2.75) is 50.1 Å². The standard InChI is InChI=1S/C17H20F6O5S/c18-16(19,20)15(17(21,22)23,6-29(25,26)27)28-14(24)11-5-9-4-10(11)13-8-2-1-7(3-8)12(9)13/h7-13H,1-6H2,(H,25,26,27). The van der Waals surface area contributed by atoms with Crippen LogP contribution >= 0.6 is 0 Å². The Labute approximate surface area is 162 Å². The molecule has 0 saturated heterocycles. The van der Waals surface area contributed by atoms with E-state index in [2.05, 4.69) is 4.74 Å².